The van der Waals surface area contributed by atoms with E-state index >= 15 is 0 Å². The van der Waals surface area contributed by atoms with E-state index in [0.717, 1.165) is 10.9 Å². The highest BCUT2D eigenvalue weighted by Crippen LogP contribution is 2.29. The molecular formula is C19H14N2O4. The van der Waals surface area contributed by atoms with Gasteiger partial charge in [-0.25, -0.2) is 4.79 Å². The zero-order chi connectivity index (χ0) is 17.2. The summed E-state index contributed by atoms with van der Waals surface area (Å²) < 4.78 is 15.7. The number of carbonyl (C=O) groups is 1. The number of rotatable bonds is 4. The van der Waals surface area contributed by atoms with Crippen LogP contribution in [0.15, 0.2) is 63.6 Å². The third-order valence-electron chi connectivity index (χ3n) is 3.78. The molecule has 0 N–H and O–H groups in total. The second kappa shape index (κ2) is 6.24. The molecular weight excluding hydrogens is 320 g/mol. The first-order chi connectivity index (χ1) is 12.2. The topological polar surface area (TPSA) is 78.4 Å². The number of ether oxygens (including phenoxy) is 1. The largest absolute Gasteiger partial charge is 0.455 e. The van der Waals surface area contributed by atoms with E-state index in [2.05, 4.69) is 10.3 Å². The number of hydrogen-bond donors (Lipinski definition) is 0. The van der Waals surface area contributed by atoms with E-state index in [-0.39, 0.29) is 6.61 Å². The highest BCUT2D eigenvalue weighted by Gasteiger charge is 2.15. The molecule has 6 heteroatoms. The maximum atomic E-state index is 12.3. The number of aromatic nitrogens is 2. The van der Waals surface area contributed by atoms with Gasteiger partial charge in [0.05, 0.1) is 10.9 Å². The molecule has 0 fully saturated rings. The Morgan fingerprint density at radius 1 is 1.04 bits per heavy atom. The Bertz CT molecular complexity index is 1030. The second-order valence-corrected chi connectivity index (χ2v) is 5.61. The highest BCUT2D eigenvalue weighted by molar-refractivity contribution is 5.98. The van der Waals surface area contributed by atoms with Crippen LogP contribution < -0.4 is 0 Å². The fraction of sp³-hybridized carbons (Fsp3) is 0.105. The van der Waals surface area contributed by atoms with Gasteiger partial charge in [0, 0.05) is 11.6 Å². The summed E-state index contributed by atoms with van der Waals surface area (Å²) in [7, 11) is 0. The van der Waals surface area contributed by atoms with Crippen molar-refractivity contribution in [3.05, 3.63) is 71.6 Å². The molecule has 0 saturated carbocycles. The molecule has 4 aromatic rings. The van der Waals surface area contributed by atoms with E-state index < -0.39 is 5.97 Å². The van der Waals surface area contributed by atoms with Gasteiger partial charge in [0.1, 0.15) is 23.6 Å². The van der Waals surface area contributed by atoms with Crippen molar-refractivity contribution >= 4 is 16.9 Å². The van der Waals surface area contributed by atoms with Gasteiger partial charge in [-0.2, -0.15) is 0 Å². The standard InChI is InChI=1S/C19H14N2O4/c1-12-9-15(20-24-12)11-23-19(22)14-7-8-17-16(10-14)18(25-21-17)13-5-3-2-4-6-13/h2-10H,11H2,1H3. The van der Waals surface area contributed by atoms with Crippen LogP contribution in [0.4, 0.5) is 0 Å². The number of hydrogen-bond acceptors (Lipinski definition) is 6. The van der Waals surface area contributed by atoms with Crippen LogP contribution in [0.1, 0.15) is 21.8 Å². The predicted molar refractivity (Wildman–Crippen MR) is 89.8 cm³/mol. The number of nitrogens with zero attached hydrogens (tertiary/aromatic N) is 2. The Labute approximate surface area is 143 Å². The van der Waals surface area contributed by atoms with Crippen LogP contribution in [0.5, 0.6) is 0 Å². The van der Waals surface area contributed by atoms with Crippen molar-refractivity contribution in [3.63, 3.8) is 0 Å². The van der Waals surface area contributed by atoms with Crippen LogP contribution >= 0.6 is 0 Å². The van der Waals surface area contributed by atoms with Crippen LogP contribution in [0.3, 0.4) is 0 Å². The van der Waals surface area contributed by atoms with Crippen molar-refractivity contribution in [2.45, 2.75) is 13.5 Å². The molecule has 25 heavy (non-hydrogen) atoms. The fourth-order valence-corrected chi connectivity index (χ4v) is 2.58. The lowest BCUT2D eigenvalue weighted by molar-refractivity contribution is 0.0464. The number of aryl methyl sites for hydroxylation is 1. The molecule has 4 rings (SSSR count). The summed E-state index contributed by atoms with van der Waals surface area (Å²) in [6, 6.07) is 16.5. The summed E-state index contributed by atoms with van der Waals surface area (Å²) >= 11 is 0. The lowest BCUT2D eigenvalue weighted by Crippen LogP contribution is -2.05. The van der Waals surface area contributed by atoms with Crippen LogP contribution in [0.25, 0.3) is 22.2 Å². The van der Waals surface area contributed by atoms with E-state index in [1.54, 1.807) is 31.2 Å². The molecule has 6 nitrogen and oxygen atoms in total. The zero-order valence-electron chi connectivity index (χ0n) is 13.4. The van der Waals surface area contributed by atoms with E-state index in [9.17, 15) is 4.79 Å². The van der Waals surface area contributed by atoms with Gasteiger partial charge in [0.25, 0.3) is 0 Å². The van der Waals surface area contributed by atoms with E-state index in [4.69, 9.17) is 13.8 Å². The SMILES string of the molecule is Cc1cc(COC(=O)c2ccc3noc(-c4ccccc4)c3c2)no1. The maximum absolute atomic E-state index is 12.3. The van der Waals surface area contributed by atoms with Gasteiger partial charge in [-0.05, 0) is 25.1 Å². The molecule has 2 aromatic heterocycles. The molecule has 2 heterocycles. The molecule has 0 atom stereocenters. The van der Waals surface area contributed by atoms with Crippen molar-refractivity contribution in [2.24, 2.45) is 0 Å². The lowest BCUT2D eigenvalue weighted by Gasteiger charge is -2.03. The molecule has 2 aromatic carbocycles. The molecule has 0 spiro atoms. The average molecular weight is 334 g/mol. The maximum Gasteiger partial charge on any atom is 0.338 e. The van der Waals surface area contributed by atoms with Gasteiger partial charge < -0.3 is 13.8 Å². The lowest BCUT2D eigenvalue weighted by atomic mass is 10.1. The summed E-state index contributed by atoms with van der Waals surface area (Å²) in [4.78, 5) is 12.3. The summed E-state index contributed by atoms with van der Waals surface area (Å²) in [5.74, 6) is 0.851. The van der Waals surface area contributed by atoms with Crippen LogP contribution in [0.2, 0.25) is 0 Å². The van der Waals surface area contributed by atoms with Gasteiger partial charge in [-0.1, -0.05) is 40.6 Å². The molecule has 124 valence electrons. The normalized spacial score (nSPS) is 10.9. The fourth-order valence-electron chi connectivity index (χ4n) is 2.58. The molecule has 0 aliphatic rings. The third-order valence-corrected chi connectivity index (χ3v) is 3.78. The van der Waals surface area contributed by atoms with Crippen molar-refractivity contribution < 1.29 is 18.6 Å². The van der Waals surface area contributed by atoms with Crippen molar-refractivity contribution in [1.82, 2.24) is 10.3 Å². The molecule has 0 bridgehead atoms. The molecule has 0 amide bonds. The molecule has 0 aliphatic carbocycles. The molecule has 0 saturated heterocycles. The Balaban J connectivity index is 1.61. The minimum Gasteiger partial charge on any atom is -0.455 e. The Morgan fingerprint density at radius 3 is 2.64 bits per heavy atom. The smallest absolute Gasteiger partial charge is 0.338 e. The van der Waals surface area contributed by atoms with Crippen molar-refractivity contribution in [2.75, 3.05) is 0 Å². The molecule has 0 aliphatic heterocycles. The van der Waals surface area contributed by atoms with Crippen LogP contribution in [-0.2, 0) is 11.3 Å². The first kappa shape index (κ1) is 15.1. The second-order valence-electron chi connectivity index (χ2n) is 5.61. The first-order valence-electron chi connectivity index (χ1n) is 7.75. The predicted octanol–water partition coefficient (Wildman–Crippen LogP) is 4.15. The van der Waals surface area contributed by atoms with E-state index in [0.29, 0.717) is 28.3 Å². The molecule has 0 radical (unpaired) electrons. The van der Waals surface area contributed by atoms with E-state index in [1.165, 1.54) is 0 Å². The average Bonchev–Trinajstić information content (AvgIpc) is 3.26. The summed E-state index contributed by atoms with van der Waals surface area (Å²) in [6.45, 7) is 1.84. The quantitative estimate of drug-likeness (QED) is 0.522. The number of benzene rings is 2. The Hall–Kier alpha value is -3.41. The first-order valence-corrected chi connectivity index (χ1v) is 7.75. The number of esters is 1. The minimum absolute atomic E-state index is 0.0589. The summed E-state index contributed by atoms with van der Waals surface area (Å²) in [5.41, 5.74) is 2.58. The Kier molecular flexibility index (Phi) is 3.78. The van der Waals surface area contributed by atoms with Gasteiger partial charge in [-0.15, -0.1) is 0 Å². The van der Waals surface area contributed by atoms with Gasteiger partial charge in [-0.3, -0.25) is 0 Å². The third kappa shape index (κ3) is 3.01. The van der Waals surface area contributed by atoms with Crippen molar-refractivity contribution in [1.29, 1.82) is 0 Å². The zero-order valence-corrected chi connectivity index (χ0v) is 13.4. The van der Waals surface area contributed by atoms with Crippen LogP contribution in [-0.4, -0.2) is 16.3 Å². The van der Waals surface area contributed by atoms with Crippen LogP contribution in [0, 0.1) is 6.92 Å². The Morgan fingerprint density at radius 2 is 1.88 bits per heavy atom. The minimum atomic E-state index is -0.442. The van der Waals surface area contributed by atoms with Gasteiger partial charge in [0.15, 0.2) is 5.76 Å². The van der Waals surface area contributed by atoms with Gasteiger partial charge >= 0.3 is 5.97 Å². The summed E-state index contributed by atoms with van der Waals surface area (Å²) in [5, 5.41) is 8.60. The monoisotopic (exact) mass is 334 g/mol. The van der Waals surface area contributed by atoms with Crippen molar-refractivity contribution in [3.8, 4) is 11.3 Å². The molecule has 0 unspecified atom stereocenters. The number of fused-ring (bicyclic) bond motifs is 1. The van der Waals surface area contributed by atoms with Gasteiger partial charge in [0.2, 0.25) is 0 Å². The summed E-state index contributed by atoms with van der Waals surface area (Å²) in [6.07, 6.45) is 0. The number of carbonyl (C=O) groups excluding carboxylic acids is 1. The van der Waals surface area contributed by atoms with E-state index in [1.807, 2.05) is 30.3 Å². The highest BCUT2D eigenvalue weighted by atomic mass is 16.5.